The summed E-state index contributed by atoms with van der Waals surface area (Å²) in [6, 6.07) is 7.72. The smallest absolute Gasteiger partial charge is 0.119 e. The zero-order valence-electron chi connectivity index (χ0n) is 13.5. The minimum atomic E-state index is 0.175. The van der Waals surface area contributed by atoms with Gasteiger partial charge in [-0.3, -0.25) is 0 Å². The fourth-order valence-electron chi connectivity index (χ4n) is 0.972. The van der Waals surface area contributed by atoms with Crippen LogP contribution in [-0.2, 0) is 0 Å². The van der Waals surface area contributed by atoms with Crippen molar-refractivity contribution in [3.63, 3.8) is 0 Å². The molecule has 0 amide bonds. The molecule has 0 radical (unpaired) electrons. The van der Waals surface area contributed by atoms with Gasteiger partial charge in [0.05, 0.1) is 6.61 Å². The molecule has 1 rings (SSSR count). The van der Waals surface area contributed by atoms with Gasteiger partial charge in [0.25, 0.3) is 0 Å². The molecule has 20 heavy (non-hydrogen) atoms. The average Bonchev–Trinajstić information content (AvgIpc) is 2.49. The number of aliphatic hydroxyl groups excluding tert-OH is 1. The van der Waals surface area contributed by atoms with E-state index in [1.165, 1.54) is 0 Å². The predicted octanol–water partition coefficient (Wildman–Crippen LogP) is 1.55. The van der Waals surface area contributed by atoms with E-state index in [-0.39, 0.29) is 6.61 Å². The third kappa shape index (κ3) is 14.8. The number of nitrogens with one attached hydrogen (secondary N) is 3. The highest BCUT2D eigenvalue weighted by Gasteiger charge is 1.92. The van der Waals surface area contributed by atoms with Crippen molar-refractivity contribution in [1.82, 2.24) is 10.6 Å². The van der Waals surface area contributed by atoms with E-state index in [1.54, 1.807) is 0 Å². The summed E-state index contributed by atoms with van der Waals surface area (Å²) in [4.78, 5) is 0. The molecular weight excluding hydrogens is 254 g/mol. The van der Waals surface area contributed by atoms with Crippen LogP contribution in [0, 0.1) is 0 Å². The van der Waals surface area contributed by atoms with Crippen LogP contribution in [0.15, 0.2) is 24.3 Å². The Hall–Kier alpha value is -1.30. The van der Waals surface area contributed by atoms with E-state index < -0.39 is 0 Å². The van der Waals surface area contributed by atoms with E-state index in [2.05, 4.69) is 22.9 Å². The van der Waals surface area contributed by atoms with E-state index in [0.29, 0.717) is 13.0 Å². The highest BCUT2D eigenvalue weighted by atomic mass is 16.5. The van der Waals surface area contributed by atoms with Crippen LogP contribution >= 0.6 is 0 Å². The lowest BCUT2D eigenvalue weighted by Crippen LogP contribution is -2.01. The van der Waals surface area contributed by atoms with Crippen molar-refractivity contribution in [3.8, 4) is 5.75 Å². The lowest BCUT2D eigenvalue weighted by molar-refractivity contribution is 0.233. The molecule has 0 atom stereocenters. The van der Waals surface area contributed by atoms with E-state index >= 15 is 0 Å². The number of aliphatic hydroxyl groups is 1. The molecule has 0 aliphatic heterocycles. The second-order valence-corrected chi connectivity index (χ2v) is 3.91. The van der Waals surface area contributed by atoms with Gasteiger partial charge in [0, 0.05) is 25.8 Å². The Morgan fingerprint density at radius 1 is 1.05 bits per heavy atom. The fourth-order valence-corrected chi connectivity index (χ4v) is 0.972. The van der Waals surface area contributed by atoms with Gasteiger partial charge in [0.1, 0.15) is 5.75 Å². The van der Waals surface area contributed by atoms with Crippen LogP contribution in [0.4, 0.5) is 5.69 Å². The number of rotatable bonds is 6. The summed E-state index contributed by atoms with van der Waals surface area (Å²) in [5.41, 5.74) is 1.06. The highest BCUT2D eigenvalue weighted by Crippen LogP contribution is 2.14. The van der Waals surface area contributed by atoms with Gasteiger partial charge in [-0.25, -0.2) is 0 Å². The third-order valence-corrected chi connectivity index (χ3v) is 2.07. The van der Waals surface area contributed by atoms with Crippen LogP contribution in [0.5, 0.6) is 5.75 Å². The second kappa shape index (κ2) is 17.7. The topological polar surface area (TPSA) is 65.5 Å². The van der Waals surface area contributed by atoms with Crippen LogP contribution in [-0.4, -0.2) is 53.1 Å². The van der Waals surface area contributed by atoms with Gasteiger partial charge < -0.3 is 25.8 Å². The third-order valence-electron chi connectivity index (χ3n) is 2.07. The van der Waals surface area contributed by atoms with Crippen molar-refractivity contribution in [3.05, 3.63) is 24.3 Å². The standard InChI is InChI=1S/C10H15NO2.C3H9N.C2H7N/c1-11-9-3-5-10(6-4-9)13-8-2-7-12;1-3-4-2;1-3-2/h3-6,11-12H,2,7-8H2,1H3;4H,3H2,1-2H3;3H,1-2H3. The van der Waals surface area contributed by atoms with E-state index in [9.17, 15) is 0 Å². The molecule has 118 valence electrons. The van der Waals surface area contributed by atoms with Gasteiger partial charge in [-0.05, 0) is 52.0 Å². The summed E-state index contributed by atoms with van der Waals surface area (Å²) in [5.74, 6) is 0.840. The molecule has 0 unspecified atom stereocenters. The molecule has 5 nitrogen and oxygen atoms in total. The monoisotopic (exact) mass is 285 g/mol. The molecule has 0 saturated heterocycles. The Bertz CT molecular complexity index is 277. The fraction of sp³-hybridized carbons (Fsp3) is 0.600. The lowest BCUT2D eigenvalue weighted by Gasteiger charge is -2.05. The molecule has 0 heterocycles. The highest BCUT2D eigenvalue weighted by molar-refractivity contribution is 5.45. The predicted molar refractivity (Wildman–Crippen MR) is 87.8 cm³/mol. The molecule has 1 aromatic carbocycles. The maximum atomic E-state index is 8.54. The van der Waals surface area contributed by atoms with Gasteiger partial charge >= 0.3 is 0 Å². The molecular formula is C15H31N3O2. The molecule has 0 saturated carbocycles. The minimum absolute atomic E-state index is 0.175. The molecule has 4 N–H and O–H groups in total. The summed E-state index contributed by atoms with van der Waals surface area (Å²) >= 11 is 0. The lowest BCUT2D eigenvalue weighted by atomic mass is 10.3. The SMILES string of the molecule is CCNC.CNC.CNc1ccc(OCCCO)cc1. The average molecular weight is 285 g/mol. The van der Waals surface area contributed by atoms with E-state index in [4.69, 9.17) is 9.84 Å². The minimum Gasteiger partial charge on any atom is -0.494 e. The summed E-state index contributed by atoms with van der Waals surface area (Å²) in [6.07, 6.45) is 0.674. The summed E-state index contributed by atoms with van der Waals surface area (Å²) < 4.78 is 5.36. The number of ether oxygens (including phenoxy) is 1. The van der Waals surface area contributed by atoms with E-state index in [1.807, 2.05) is 52.5 Å². The van der Waals surface area contributed by atoms with Crippen LogP contribution in [0.2, 0.25) is 0 Å². The Morgan fingerprint density at radius 2 is 1.55 bits per heavy atom. The van der Waals surface area contributed by atoms with Gasteiger partial charge in [0.15, 0.2) is 0 Å². The van der Waals surface area contributed by atoms with Crippen molar-refractivity contribution in [2.45, 2.75) is 13.3 Å². The summed E-state index contributed by atoms with van der Waals surface area (Å²) in [7, 11) is 7.56. The number of hydrogen-bond acceptors (Lipinski definition) is 5. The first-order valence-electron chi connectivity index (χ1n) is 6.94. The molecule has 0 bridgehead atoms. The van der Waals surface area contributed by atoms with Gasteiger partial charge in [0.2, 0.25) is 0 Å². The normalized spacial score (nSPS) is 8.70. The number of anilines is 1. The van der Waals surface area contributed by atoms with Gasteiger partial charge in [-0.1, -0.05) is 6.92 Å². The van der Waals surface area contributed by atoms with Crippen molar-refractivity contribution in [2.24, 2.45) is 0 Å². The Morgan fingerprint density at radius 3 is 1.90 bits per heavy atom. The van der Waals surface area contributed by atoms with Gasteiger partial charge in [-0.2, -0.15) is 0 Å². The Balaban J connectivity index is 0. The van der Waals surface area contributed by atoms with Crippen molar-refractivity contribution in [1.29, 1.82) is 0 Å². The van der Waals surface area contributed by atoms with E-state index in [0.717, 1.165) is 18.0 Å². The zero-order valence-corrected chi connectivity index (χ0v) is 13.5. The Labute approximate surface area is 123 Å². The zero-order chi connectivity index (χ0) is 15.6. The van der Waals surface area contributed by atoms with Gasteiger partial charge in [-0.15, -0.1) is 0 Å². The number of benzene rings is 1. The van der Waals surface area contributed by atoms with Crippen LogP contribution in [0.1, 0.15) is 13.3 Å². The van der Waals surface area contributed by atoms with Crippen LogP contribution < -0.4 is 20.7 Å². The Kier molecular flexibility index (Phi) is 18.6. The molecule has 1 aromatic rings. The van der Waals surface area contributed by atoms with Crippen molar-refractivity contribution >= 4 is 5.69 Å². The quantitative estimate of drug-likeness (QED) is 0.597. The molecule has 0 fully saturated rings. The maximum absolute atomic E-state index is 8.54. The molecule has 0 aromatic heterocycles. The van der Waals surface area contributed by atoms with Crippen molar-refractivity contribution < 1.29 is 9.84 Å². The van der Waals surface area contributed by atoms with Crippen LogP contribution in [0.25, 0.3) is 0 Å². The van der Waals surface area contributed by atoms with Crippen LogP contribution in [0.3, 0.4) is 0 Å². The summed E-state index contributed by atoms with van der Waals surface area (Å²) in [6.45, 7) is 3.88. The summed E-state index contributed by atoms with van der Waals surface area (Å²) in [5, 5.41) is 17.2. The largest absolute Gasteiger partial charge is 0.494 e. The maximum Gasteiger partial charge on any atom is 0.119 e. The molecule has 0 aliphatic carbocycles. The molecule has 0 spiro atoms. The number of hydrogen-bond donors (Lipinski definition) is 4. The molecule has 5 heteroatoms. The van der Waals surface area contributed by atoms with Crippen molar-refractivity contribution in [2.75, 3.05) is 53.3 Å². The molecule has 0 aliphatic rings. The first-order valence-corrected chi connectivity index (χ1v) is 6.94. The first-order chi connectivity index (χ1) is 9.69. The second-order valence-electron chi connectivity index (χ2n) is 3.91. The first kappa shape index (κ1) is 21.0.